The summed E-state index contributed by atoms with van der Waals surface area (Å²) >= 11 is 0. The third-order valence-electron chi connectivity index (χ3n) is 5.75. The largest absolute Gasteiger partial charge is 0.507 e. The van der Waals surface area contributed by atoms with E-state index < -0.39 is 5.97 Å². The van der Waals surface area contributed by atoms with Crippen molar-refractivity contribution in [3.8, 4) is 5.75 Å². The Balaban J connectivity index is 2.53. The molecule has 1 unspecified atom stereocenters. The lowest BCUT2D eigenvalue weighted by atomic mass is 9.68. The Hall–Kier alpha value is -2.29. The number of aromatic hydroxyl groups is 1. The van der Waals surface area contributed by atoms with Crippen LogP contribution in [0.5, 0.6) is 5.75 Å². The van der Waals surface area contributed by atoms with Crippen molar-refractivity contribution < 1.29 is 15.0 Å². The first-order chi connectivity index (χ1) is 13.0. The molecular weight excluding hydrogens is 336 g/mol. The molecule has 27 heavy (non-hydrogen) atoms. The molecule has 3 nitrogen and oxygen atoms in total. The van der Waals surface area contributed by atoms with E-state index in [9.17, 15) is 15.0 Å². The normalized spacial score (nSPS) is 13.3. The number of hydrogen-bond acceptors (Lipinski definition) is 2. The van der Waals surface area contributed by atoms with Crippen LogP contribution in [0.2, 0.25) is 0 Å². The van der Waals surface area contributed by atoms with Crippen LogP contribution in [0.1, 0.15) is 85.8 Å². The number of hydrogen-bond donors (Lipinski definition) is 2. The third kappa shape index (κ3) is 4.52. The quantitative estimate of drug-likeness (QED) is 0.473. The lowest BCUT2D eigenvalue weighted by Crippen LogP contribution is -2.28. The second-order valence-corrected chi connectivity index (χ2v) is 7.42. The summed E-state index contributed by atoms with van der Waals surface area (Å²) in [6.07, 6.45) is 7.57. The van der Waals surface area contributed by atoms with Gasteiger partial charge in [0.2, 0.25) is 0 Å². The van der Waals surface area contributed by atoms with E-state index in [-0.39, 0.29) is 16.7 Å². The minimum absolute atomic E-state index is 0.0206. The molecule has 0 radical (unpaired) electrons. The molecule has 0 aromatic heterocycles. The summed E-state index contributed by atoms with van der Waals surface area (Å²) in [5.41, 5.74) is 2.10. The van der Waals surface area contributed by atoms with Gasteiger partial charge in [0.05, 0.1) is 0 Å². The van der Waals surface area contributed by atoms with Crippen molar-refractivity contribution >= 4 is 5.97 Å². The van der Waals surface area contributed by atoms with Crippen molar-refractivity contribution in [1.29, 1.82) is 0 Å². The van der Waals surface area contributed by atoms with Crippen LogP contribution in [-0.4, -0.2) is 16.2 Å². The zero-order valence-electron chi connectivity index (χ0n) is 16.8. The highest BCUT2D eigenvalue weighted by Gasteiger charge is 2.36. The van der Waals surface area contributed by atoms with Gasteiger partial charge in [-0.3, -0.25) is 0 Å². The summed E-state index contributed by atoms with van der Waals surface area (Å²) in [6.45, 7) is 6.06. The van der Waals surface area contributed by atoms with Gasteiger partial charge < -0.3 is 10.2 Å². The molecule has 2 N–H and O–H groups in total. The number of rotatable bonds is 10. The average molecular weight is 369 g/mol. The number of carbonyl (C=O) groups is 1. The van der Waals surface area contributed by atoms with Gasteiger partial charge in [-0.1, -0.05) is 88.4 Å². The van der Waals surface area contributed by atoms with E-state index in [1.165, 1.54) is 19.3 Å². The SMILES string of the molecule is CCCCCCCC(CC)(c1ccccc1)c1ccc(C)c(C(=O)O)c1O. The highest BCUT2D eigenvalue weighted by atomic mass is 16.4. The Morgan fingerprint density at radius 1 is 0.963 bits per heavy atom. The molecule has 2 aromatic carbocycles. The maximum Gasteiger partial charge on any atom is 0.339 e. The van der Waals surface area contributed by atoms with Crippen LogP contribution >= 0.6 is 0 Å². The van der Waals surface area contributed by atoms with Gasteiger partial charge in [-0.05, 0) is 30.9 Å². The first-order valence-electron chi connectivity index (χ1n) is 10.1. The first kappa shape index (κ1) is 21.0. The molecule has 0 aliphatic carbocycles. The molecule has 0 bridgehead atoms. The minimum Gasteiger partial charge on any atom is -0.507 e. The van der Waals surface area contributed by atoms with Crippen LogP contribution in [0.3, 0.4) is 0 Å². The number of aryl methyl sites for hydroxylation is 1. The van der Waals surface area contributed by atoms with Gasteiger partial charge >= 0.3 is 5.97 Å². The van der Waals surface area contributed by atoms with Crippen LogP contribution in [0.15, 0.2) is 42.5 Å². The Morgan fingerprint density at radius 3 is 2.22 bits per heavy atom. The Bertz CT molecular complexity index is 752. The van der Waals surface area contributed by atoms with Gasteiger partial charge in [-0.25, -0.2) is 4.79 Å². The van der Waals surface area contributed by atoms with E-state index in [0.29, 0.717) is 5.56 Å². The number of phenols is 1. The molecule has 3 heteroatoms. The maximum atomic E-state index is 11.7. The standard InChI is InChI=1S/C24H32O3/c1-4-6-7-8-12-17-24(5-2,19-13-10-9-11-14-19)20-16-15-18(3)21(22(20)25)23(26)27/h9-11,13-16,25H,4-8,12,17H2,1-3H3,(H,26,27). The number of aromatic carboxylic acids is 1. The topological polar surface area (TPSA) is 57.5 Å². The van der Waals surface area contributed by atoms with E-state index in [2.05, 4.69) is 26.0 Å². The monoisotopic (exact) mass is 368 g/mol. The first-order valence-corrected chi connectivity index (χ1v) is 10.1. The summed E-state index contributed by atoms with van der Waals surface area (Å²) in [5, 5.41) is 20.5. The lowest BCUT2D eigenvalue weighted by molar-refractivity contribution is 0.0692. The Labute approximate surface area is 163 Å². The maximum absolute atomic E-state index is 11.7. The predicted molar refractivity (Wildman–Crippen MR) is 111 cm³/mol. The second-order valence-electron chi connectivity index (χ2n) is 7.42. The van der Waals surface area contributed by atoms with Gasteiger partial charge in [-0.2, -0.15) is 0 Å². The average Bonchev–Trinajstić information content (AvgIpc) is 2.66. The lowest BCUT2D eigenvalue weighted by Gasteiger charge is -2.35. The van der Waals surface area contributed by atoms with Gasteiger partial charge in [0, 0.05) is 11.0 Å². The molecule has 0 aliphatic rings. The van der Waals surface area contributed by atoms with Crippen molar-refractivity contribution in [2.75, 3.05) is 0 Å². The zero-order valence-corrected chi connectivity index (χ0v) is 16.8. The summed E-state index contributed by atoms with van der Waals surface area (Å²) in [5.74, 6) is -1.16. The van der Waals surface area contributed by atoms with Crippen LogP contribution in [0, 0.1) is 6.92 Å². The molecular formula is C24H32O3. The van der Waals surface area contributed by atoms with E-state index in [1.54, 1.807) is 6.92 Å². The van der Waals surface area contributed by atoms with Crippen molar-refractivity contribution in [3.63, 3.8) is 0 Å². The molecule has 0 amide bonds. The number of unbranched alkanes of at least 4 members (excludes halogenated alkanes) is 4. The third-order valence-corrected chi connectivity index (χ3v) is 5.75. The molecule has 0 spiro atoms. The van der Waals surface area contributed by atoms with Gasteiger partial charge in [0.1, 0.15) is 11.3 Å². The molecule has 2 aromatic rings. The van der Waals surface area contributed by atoms with Gasteiger partial charge in [0.25, 0.3) is 0 Å². The Morgan fingerprint density at radius 2 is 1.63 bits per heavy atom. The van der Waals surface area contributed by atoms with Crippen molar-refractivity contribution in [3.05, 3.63) is 64.7 Å². The van der Waals surface area contributed by atoms with Crippen LogP contribution in [-0.2, 0) is 5.41 Å². The fourth-order valence-electron chi connectivity index (χ4n) is 4.14. The molecule has 0 aliphatic heterocycles. The van der Waals surface area contributed by atoms with E-state index >= 15 is 0 Å². The highest BCUT2D eigenvalue weighted by Crippen LogP contribution is 2.45. The fraction of sp³-hybridized carbons (Fsp3) is 0.458. The second kappa shape index (κ2) is 9.59. The number of carboxylic acid groups (broad SMARTS) is 1. The highest BCUT2D eigenvalue weighted by molar-refractivity contribution is 5.93. The summed E-state index contributed by atoms with van der Waals surface area (Å²) in [6, 6.07) is 13.9. The Kier molecular flexibility index (Phi) is 7.46. The van der Waals surface area contributed by atoms with Crippen molar-refractivity contribution in [2.24, 2.45) is 0 Å². The summed E-state index contributed by atoms with van der Waals surface area (Å²) in [7, 11) is 0. The molecule has 0 heterocycles. The van der Waals surface area contributed by atoms with Crippen molar-refractivity contribution in [2.45, 2.75) is 71.1 Å². The van der Waals surface area contributed by atoms with Crippen LogP contribution < -0.4 is 0 Å². The van der Waals surface area contributed by atoms with Crippen molar-refractivity contribution in [1.82, 2.24) is 0 Å². The zero-order chi connectivity index (χ0) is 19.9. The molecule has 0 fully saturated rings. The molecule has 0 saturated carbocycles. The predicted octanol–water partition coefficient (Wildman–Crippen LogP) is 6.46. The summed E-state index contributed by atoms with van der Waals surface area (Å²) in [4.78, 5) is 11.7. The van der Waals surface area contributed by atoms with Gasteiger partial charge in [0.15, 0.2) is 0 Å². The minimum atomic E-state index is -1.08. The molecule has 2 rings (SSSR count). The number of carboxylic acids is 1. The van der Waals surface area contributed by atoms with E-state index in [0.717, 1.165) is 36.8 Å². The van der Waals surface area contributed by atoms with Crippen LogP contribution in [0.4, 0.5) is 0 Å². The molecule has 0 saturated heterocycles. The van der Waals surface area contributed by atoms with Crippen LogP contribution in [0.25, 0.3) is 0 Å². The smallest absolute Gasteiger partial charge is 0.339 e. The number of benzene rings is 2. The summed E-state index contributed by atoms with van der Waals surface area (Å²) < 4.78 is 0. The van der Waals surface area contributed by atoms with Gasteiger partial charge in [-0.15, -0.1) is 0 Å². The fourth-order valence-corrected chi connectivity index (χ4v) is 4.14. The molecule has 1 atom stereocenters. The molecule has 146 valence electrons. The van der Waals surface area contributed by atoms with E-state index in [1.807, 2.05) is 30.3 Å². The van der Waals surface area contributed by atoms with E-state index in [4.69, 9.17) is 0 Å².